The first-order valence-corrected chi connectivity index (χ1v) is 9.58. The van der Waals surface area contributed by atoms with Crippen molar-refractivity contribution in [2.45, 2.75) is 32.2 Å². The third-order valence-electron chi connectivity index (χ3n) is 5.61. The first-order valence-electron chi connectivity index (χ1n) is 9.58. The van der Waals surface area contributed by atoms with Gasteiger partial charge in [0.15, 0.2) is 11.5 Å². The van der Waals surface area contributed by atoms with E-state index >= 15 is 0 Å². The van der Waals surface area contributed by atoms with Gasteiger partial charge in [0, 0.05) is 13.1 Å². The smallest absolute Gasteiger partial charge is 0.231 e. The van der Waals surface area contributed by atoms with Crippen molar-refractivity contribution in [3.05, 3.63) is 17.7 Å². The van der Waals surface area contributed by atoms with Gasteiger partial charge in [-0.1, -0.05) is 0 Å². The number of ether oxygens (including phenoxy) is 3. The van der Waals surface area contributed by atoms with Crippen LogP contribution in [0.25, 0.3) is 0 Å². The molecule has 1 aromatic carbocycles. The Balaban J connectivity index is 1.71. The third kappa shape index (κ3) is 3.90. The first kappa shape index (κ1) is 18.8. The molecule has 2 aliphatic rings. The molecule has 1 aromatic rings. The van der Waals surface area contributed by atoms with Crippen LogP contribution in [0.5, 0.6) is 17.2 Å². The minimum absolute atomic E-state index is 0.156. The number of methoxy groups -OCH3 is 3. The molecule has 0 spiro atoms. The summed E-state index contributed by atoms with van der Waals surface area (Å²) in [6.45, 7) is 4.68. The number of rotatable bonds is 6. The molecule has 26 heavy (non-hydrogen) atoms. The van der Waals surface area contributed by atoms with Gasteiger partial charge in [-0.2, -0.15) is 0 Å². The summed E-state index contributed by atoms with van der Waals surface area (Å²) in [7, 11) is 4.91. The van der Waals surface area contributed by atoms with E-state index in [-0.39, 0.29) is 5.92 Å². The number of piperidine rings is 1. The number of benzene rings is 1. The number of carbonyl (C=O) groups excluding carboxylic acids is 1. The van der Waals surface area contributed by atoms with E-state index in [0.717, 1.165) is 69.7 Å². The quantitative estimate of drug-likeness (QED) is 0.823. The molecule has 2 atom stereocenters. The van der Waals surface area contributed by atoms with E-state index in [4.69, 9.17) is 14.2 Å². The number of likely N-dealkylation sites (tertiary alicyclic amines) is 2. The molecule has 6 heteroatoms. The van der Waals surface area contributed by atoms with Crippen LogP contribution in [0.2, 0.25) is 0 Å². The van der Waals surface area contributed by atoms with Gasteiger partial charge in [0.05, 0.1) is 45.9 Å². The van der Waals surface area contributed by atoms with Crippen LogP contribution < -0.4 is 19.1 Å². The molecule has 1 unspecified atom stereocenters. The van der Waals surface area contributed by atoms with Crippen LogP contribution in [0.4, 0.5) is 0 Å². The van der Waals surface area contributed by atoms with Crippen LogP contribution in [0.1, 0.15) is 31.2 Å². The van der Waals surface area contributed by atoms with Crippen molar-refractivity contribution in [2.75, 3.05) is 47.5 Å². The Hall–Kier alpha value is -1.95. The van der Waals surface area contributed by atoms with Gasteiger partial charge in [-0.05, 0) is 37.8 Å². The molecule has 3 rings (SSSR count). The molecular weight excluding hydrogens is 332 g/mol. The molecule has 0 aliphatic carbocycles. The number of hydrogen-bond donors (Lipinski definition) is 1. The van der Waals surface area contributed by atoms with E-state index in [1.165, 1.54) is 4.90 Å². The summed E-state index contributed by atoms with van der Waals surface area (Å²) < 4.78 is 16.5. The summed E-state index contributed by atoms with van der Waals surface area (Å²) in [6.07, 6.45) is 4.41. The van der Waals surface area contributed by atoms with E-state index in [0.29, 0.717) is 17.4 Å². The highest BCUT2D eigenvalue weighted by Crippen LogP contribution is 2.39. The Morgan fingerprint density at radius 2 is 1.81 bits per heavy atom. The Morgan fingerprint density at radius 1 is 1.08 bits per heavy atom. The maximum Gasteiger partial charge on any atom is 0.231 e. The third-order valence-corrected chi connectivity index (χ3v) is 5.61. The van der Waals surface area contributed by atoms with Crippen molar-refractivity contribution in [3.8, 4) is 17.2 Å². The fourth-order valence-electron chi connectivity index (χ4n) is 4.29. The molecular formula is C20H31N2O4+. The van der Waals surface area contributed by atoms with E-state index in [1.807, 2.05) is 12.1 Å². The van der Waals surface area contributed by atoms with E-state index < -0.39 is 0 Å². The van der Waals surface area contributed by atoms with Gasteiger partial charge in [0.25, 0.3) is 0 Å². The number of hydrogen-bond acceptors (Lipinski definition) is 4. The summed E-state index contributed by atoms with van der Waals surface area (Å²) >= 11 is 0. The van der Waals surface area contributed by atoms with E-state index in [9.17, 15) is 4.79 Å². The lowest BCUT2D eigenvalue weighted by molar-refractivity contribution is -0.921. The Labute approximate surface area is 156 Å². The average Bonchev–Trinajstić information content (AvgIpc) is 3.21. The topological polar surface area (TPSA) is 52.4 Å². The first-order chi connectivity index (χ1) is 12.7. The minimum atomic E-state index is 0.156. The Morgan fingerprint density at radius 3 is 2.46 bits per heavy atom. The average molecular weight is 363 g/mol. The lowest BCUT2D eigenvalue weighted by Crippen LogP contribution is -3.12. The SMILES string of the molecule is COc1ccc(C[NH+]2CCC[C@@H](C(=O)N3CCCC3)C2)c(OC)c1OC. The maximum atomic E-state index is 12.8. The van der Waals surface area contributed by atoms with Gasteiger partial charge in [0.2, 0.25) is 11.7 Å². The molecule has 0 aromatic heterocycles. The zero-order valence-electron chi connectivity index (χ0n) is 16.2. The molecule has 2 aliphatic heterocycles. The minimum Gasteiger partial charge on any atom is -0.493 e. The van der Waals surface area contributed by atoms with Gasteiger partial charge in [-0.15, -0.1) is 0 Å². The van der Waals surface area contributed by atoms with Gasteiger partial charge in [0.1, 0.15) is 6.54 Å². The van der Waals surface area contributed by atoms with Crippen LogP contribution in [0.3, 0.4) is 0 Å². The molecule has 0 bridgehead atoms. The van der Waals surface area contributed by atoms with Crippen molar-refractivity contribution in [2.24, 2.45) is 5.92 Å². The van der Waals surface area contributed by atoms with Crippen molar-refractivity contribution in [1.29, 1.82) is 0 Å². The second-order valence-corrected chi connectivity index (χ2v) is 7.25. The second-order valence-electron chi connectivity index (χ2n) is 7.25. The van der Waals surface area contributed by atoms with Gasteiger partial charge in [-0.3, -0.25) is 4.79 Å². The molecule has 0 radical (unpaired) electrons. The fraction of sp³-hybridized carbons (Fsp3) is 0.650. The van der Waals surface area contributed by atoms with E-state index in [2.05, 4.69) is 4.90 Å². The zero-order chi connectivity index (χ0) is 18.5. The van der Waals surface area contributed by atoms with E-state index in [1.54, 1.807) is 21.3 Å². The number of quaternary nitrogens is 1. The summed E-state index contributed by atoms with van der Waals surface area (Å²) in [5, 5.41) is 0. The number of amides is 1. The summed E-state index contributed by atoms with van der Waals surface area (Å²) in [5.74, 6) is 2.55. The lowest BCUT2D eigenvalue weighted by Gasteiger charge is -2.31. The van der Waals surface area contributed by atoms with Crippen molar-refractivity contribution in [1.82, 2.24) is 4.90 Å². The monoisotopic (exact) mass is 363 g/mol. The molecule has 1 N–H and O–H groups in total. The predicted octanol–water partition coefficient (Wildman–Crippen LogP) is 1.13. The van der Waals surface area contributed by atoms with Crippen LogP contribution in [-0.2, 0) is 11.3 Å². The summed E-state index contributed by atoms with van der Waals surface area (Å²) in [6, 6.07) is 3.96. The normalized spacial score (nSPS) is 23.0. The largest absolute Gasteiger partial charge is 0.493 e. The molecule has 1 amide bonds. The second kappa shape index (κ2) is 8.62. The van der Waals surface area contributed by atoms with Crippen LogP contribution in [-0.4, -0.2) is 58.3 Å². The molecule has 2 heterocycles. The number of carbonyl (C=O) groups is 1. The zero-order valence-corrected chi connectivity index (χ0v) is 16.2. The molecule has 6 nitrogen and oxygen atoms in total. The van der Waals surface area contributed by atoms with Crippen molar-refractivity contribution < 1.29 is 23.9 Å². The van der Waals surface area contributed by atoms with Crippen LogP contribution in [0, 0.1) is 5.92 Å². The van der Waals surface area contributed by atoms with Crippen LogP contribution in [0.15, 0.2) is 12.1 Å². The van der Waals surface area contributed by atoms with Gasteiger partial charge in [-0.25, -0.2) is 0 Å². The lowest BCUT2D eigenvalue weighted by atomic mass is 9.96. The molecule has 2 fully saturated rings. The standard InChI is InChI=1S/C20H30N2O4/c1-24-17-9-8-15(18(25-2)19(17)26-3)13-21-10-6-7-16(14-21)20(23)22-11-4-5-12-22/h8-9,16H,4-7,10-14H2,1-3H3/p+1/t16-/m1/s1. The summed E-state index contributed by atoms with van der Waals surface area (Å²) in [4.78, 5) is 16.2. The van der Waals surface area contributed by atoms with Gasteiger partial charge < -0.3 is 24.0 Å². The highest BCUT2D eigenvalue weighted by Gasteiger charge is 2.33. The fourth-order valence-corrected chi connectivity index (χ4v) is 4.29. The highest BCUT2D eigenvalue weighted by atomic mass is 16.5. The molecule has 0 saturated carbocycles. The van der Waals surface area contributed by atoms with Crippen molar-refractivity contribution in [3.63, 3.8) is 0 Å². The number of nitrogens with zero attached hydrogens (tertiary/aromatic N) is 1. The maximum absolute atomic E-state index is 12.8. The predicted molar refractivity (Wildman–Crippen MR) is 99.0 cm³/mol. The van der Waals surface area contributed by atoms with Crippen molar-refractivity contribution >= 4 is 5.91 Å². The summed E-state index contributed by atoms with van der Waals surface area (Å²) in [5.41, 5.74) is 1.09. The Kier molecular flexibility index (Phi) is 6.25. The van der Waals surface area contributed by atoms with Gasteiger partial charge >= 0.3 is 0 Å². The molecule has 2 saturated heterocycles. The van der Waals surface area contributed by atoms with Crippen LogP contribution >= 0.6 is 0 Å². The number of nitrogens with one attached hydrogen (secondary N) is 1. The highest BCUT2D eigenvalue weighted by molar-refractivity contribution is 5.79. The Bertz CT molecular complexity index is 628. The molecule has 144 valence electrons.